The summed E-state index contributed by atoms with van der Waals surface area (Å²) < 4.78 is 4.91. The number of hydrogen-bond donors (Lipinski definition) is 1. The van der Waals surface area contributed by atoms with Crippen molar-refractivity contribution in [2.75, 3.05) is 12.9 Å². The van der Waals surface area contributed by atoms with E-state index in [9.17, 15) is 10.1 Å². The third kappa shape index (κ3) is 2.38. The molecule has 14 heavy (non-hydrogen) atoms. The maximum absolute atomic E-state index is 10.7. The molecule has 0 amide bonds. The second-order valence-electron chi connectivity index (χ2n) is 2.73. The standard InChI is InChI=1S/C9H11NO3S/c1-13-8-3-2-7(4-5-14)9(6-8)10(11)12/h2-3,6,14H,4-5H2,1H3. The molecule has 0 fully saturated rings. The molecule has 0 aliphatic rings. The maximum Gasteiger partial charge on any atom is 0.276 e. The van der Waals surface area contributed by atoms with E-state index in [1.807, 2.05) is 0 Å². The van der Waals surface area contributed by atoms with E-state index in [-0.39, 0.29) is 5.69 Å². The zero-order valence-electron chi connectivity index (χ0n) is 7.77. The number of aryl methyl sites for hydroxylation is 1. The molecule has 1 aromatic carbocycles. The third-order valence-electron chi connectivity index (χ3n) is 1.87. The Labute approximate surface area is 87.4 Å². The number of methoxy groups -OCH3 is 1. The van der Waals surface area contributed by atoms with Crippen molar-refractivity contribution in [3.8, 4) is 5.75 Å². The lowest BCUT2D eigenvalue weighted by Crippen LogP contribution is -1.97. The predicted octanol–water partition coefficient (Wildman–Crippen LogP) is 2.08. The molecule has 0 atom stereocenters. The highest BCUT2D eigenvalue weighted by Crippen LogP contribution is 2.24. The Balaban J connectivity index is 3.10. The molecule has 0 aliphatic carbocycles. The molecule has 0 bridgehead atoms. The quantitative estimate of drug-likeness (QED) is 0.473. The summed E-state index contributed by atoms with van der Waals surface area (Å²) in [5, 5.41) is 10.7. The van der Waals surface area contributed by atoms with Gasteiger partial charge in [-0.05, 0) is 24.3 Å². The van der Waals surface area contributed by atoms with Crippen LogP contribution in [0.4, 0.5) is 5.69 Å². The van der Waals surface area contributed by atoms with E-state index in [4.69, 9.17) is 4.74 Å². The first-order chi connectivity index (χ1) is 6.69. The number of hydrogen-bond acceptors (Lipinski definition) is 4. The van der Waals surface area contributed by atoms with Crippen molar-refractivity contribution in [2.45, 2.75) is 6.42 Å². The van der Waals surface area contributed by atoms with Gasteiger partial charge in [0.05, 0.1) is 18.1 Å². The van der Waals surface area contributed by atoms with Crippen LogP contribution in [0.1, 0.15) is 5.56 Å². The molecule has 1 aromatic rings. The monoisotopic (exact) mass is 213 g/mol. The van der Waals surface area contributed by atoms with Crippen LogP contribution < -0.4 is 4.74 Å². The minimum Gasteiger partial charge on any atom is -0.497 e. The average Bonchev–Trinajstić information content (AvgIpc) is 2.18. The van der Waals surface area contributed by atoms with E-state index in [1.54, 1.807) is 12.1 Å². The van der Waals surface area contributed by atoms with Gasteiger partial charge in [-0.25, -0.2) is 0 Å². The Morgan fingerprint density at radius 1 is 1.57 bits per heavy atom. The van der Waals surface area contributed by atoms with E-state index >= 15 is 0 Å². The molecule has 0 saturated heterocycles. The minimum atomic E-state index is -0.401. The molecular formula is C9H11NO3S. The predicted molar refractivity (Wildman–Crippen MR) is 57.2 cm³/mol. The Morgan fingerprint density at radius 2 is 2.29 bits per heavy atom. The normalized spacial score (nSPS) is 9.86. The molecule has 0 saturated carbocycles. The van der Waals surface area contributed by atoms with Crippen molar-refractivity contribution >= 4 is 18.3 Å². The smallest absolute Gasteiger partial charge is 0.276 e. The van der Waals surface area contributed by atoms with Crippen molar-refractivity contribution in [1.82, 2.24) is 0 Å². The number of benzene rings is 1. The molecule has 0 N–H and O–H groups in total. The van der Waals surface area contributed by atoms with Crippen LogP contribution >= 0.6 is 12.6 Å². The van der Waals surface area contributed by atoms with Gasteiger partial charge in [0.1, 0.15) is 5.75 Å². The summed E-state index contributed by atoms with van der Waals surface area (Å²) in [5.74, 6) is 1.09. The van der Waals surface area contributed by atoms with Crippen LogP contribution in [0.25, 0.3) is 0 Å². The Kier molecular flexibility index (Phi) is 3.76. The first-order valence-electron chi connectivity index (χ1n) is 4.11. The highest BCUT2D eigenvalue weighted by Gasteiger charge is 2.13. The van der Waals surface area contributed by atoms with Crippen LogP contribution in [0.3, 0.4) is 0 Å². The number of thiol groups is 1. The summed E-state index contributed by atoms with van der Waals surface area (Å²) >= 11 is 4.04. The molecule has 0 radical (unpaired) electrons. The highest BCUT2D eigenvalue weighted by molar-refractivity contribution is 7.80. The molecule has 4 nitrogen and oxygen atoms in total. The summed E-state index contributed by atoms with van der Waals surface area (Å²) in [6.07, 6.45) is 0.587. The van der Waals surface area contributed by atoms with Crippen molar-refractivity contribution in [3.63, 3.8) is 0 Å². The van der Waals surface area contributed by atoms with E-state index in [2.05, 4.69) is 12.6 Å². The van der Waals surface area contributed by atoms with Crippen molar-refractivity contribution in [3.05, 3.63) is 33.9 Å². The summed E-state index contributed by atoms with van der Waals surface area (Å²) in [5.41, 5.74) is 0.782. The summed E-state index contributed by atoms with van der Waals surface area (Å²) in [6.45, 7) is 0. The zero-order chi connectivity index (χ0) is 10.6. The second kappa shape index (κ2) is 4.85. The number of nitro benzene ring substituents is 1. The number of nitro groups is 1. The number of rotatable bonds is 4. The van der Waals surface area contributed by atoms with Gasteiger partial charge in [-0.1, -0.05) is 0 Å². The van der Waals surface area contributed by atoms with Crippen molar-refractivity contribution in [1.29, 1.82) is 0 Å². The topological polar surface area (TPSA) is 52.4 Å². The van der Waals surface area contributed by atoms with Crippen LogP contribution in [-0.2, 0) is 6.42 Å². The SMILES string of the molecule is COc1ccc(CCS)c([N+](=O)[O-])c1. The Hall–Kier alpha value is -1.23. The number of ether oxygens (including phenoxy) is 1. The largest absolute Gasteiger partial charge is 0.497 e. The van der Waals surface area contributed by atoms with Gasteiger partial charge in [-0.2, -0.15) is 12.6 Å². The fraction of sp³-hybridized carbons (Fsp3) is 0.333. The van der Waals surface area contributed by atoms with E-state index in [1.165, 1.54) is 13.2 Å². The van der Waals surface area contributed by atoms with Gasteiger partial charge in [0.15, 0.2) is 0 Å². The first-order valence-corrected chi connectivity index (χ1v) is 4.74. The number of nitrogens with zero attached hydrogens (tertiary/aromatic N) is 1. The van der Waals surface area contributed by atoms with Gasteiger partial charge in [-0.3, -0.25) is 10.1 Å². The third-order valence-corrected chi connectivity index (χ3v) is 2.09. The molecule has 0 unspecified atom stereocenters. The lowest BCUT2D eigenvalue weighted by Gasteiger charge is -2.03. The molecule has 0 spiro atoms. The van der Waals surface area contributed by atoms with Gasteiger partial charge < -0.3 is 4.74 Å². The molecule has 0 heterocycles. The van der Waals surface area contributed by atoms with E-state index in [0.717, 1.165) is 0 Å². The van der Waals surface area contributed by atoms with Gasteiger partial charge in [0.2, 0.25) is 0 Å². The molecule has 0 aromatic heterocycles. The van der Waals surface area contributed by atoms with E-state index in [0.29, 0.717) is 23.5 Å². The van der Waals surface area contributed by atoms with Crippen molar-refractivity contribution in [2.24, 2.45) is 0 Å². The molecule has 5 heteroatoms. The lowest BCUT2D eigenvalue weighted by molar-refractivity contribution is -0.385. The van der Waals surface area contributed by atoms with Gasteiger partial charge in [-0.15, -0.1) is 0 Å². The Bertz CT molecular complexity index is 341. The molecular weight excluding hydrogens is 202 g/mol. The molecule has 1 rings (SSSR count). The fourth-order valence-corrected chi connectivity index (χ4v) is 1.41. The lowest BCUT2D eigenvalue weighted by atomic mass is 10.1. The highest BCUT2D eigenvalue weighted by atomic mass is 32.1. The second-order valence-corrected chi connectivity index (χ2v) is 3.17. The van der Waals surface area contributed by atoms with Crippen LogP contribution in [0.5, 0.6) is 5.75 Å². The van der Waals surface area contributed by atoms with Crippen molar-refractivity contribution < 1.29 is 9.66 Å². The fourth-order valence-electron chi connectivity index (χ4n) is 1.17. The molecule has 0 aliphatic heterocycles. The van der Waals surface area contributed by atoms with Crippen LogP contribution in [0.15, 0.2) is 18.2 Å². The van der Waals surface area contributed by atoms with Gasteiger partial charge in [0.25, 0.3) is 5.69 Å². The van der Waals surface area contributed by atoms with Crippen LogP contribution in [0.2, 0.25) is 0 Å². The molecule has 76 valence electrons. The van der Waals surface area contributed by atoms with Gasteiger partial charge in [0, 0.05) is 5.56 Å². The summed E-state index contributed by atoms with van der Waals surface area (Å²) in [4.78, 5) is 10.3. The maximum atomic E-state index is 10.7. The zero-order valence-corrected chi connectivity index (χ0v) is 8.66. The van der Waals surface area contributed by atoms with E-state index < -0.39 is 4.92 Å². The van der Waals surface area contributed by atoms with Crippen LogP contribution in [0, 0.1) is 10.1 Å². The summed E-state index contributed by atoms with van der Waals surface area (Å²) in [7, 11) is 1.48. The minimum absolute atomic E-state index is 0.0957. The summed E-state index contributed by atoms with van der Waals surface area (Å²) in [6, 6.07) is 4.84. The first kappa shape index (κ1) is 10.8. The van der Waals surface area contributed by atoms with Crippen LogP contribution in [-0.4, -0.2) is 17.8 Å². The van der Waals surface area contributed by atoms with Gasteiger partial charge >= 0.3 is 0 Å². The average molecular weight is 213 g/mol. The Morgan fingerprint density at radius 3 is 2.79 bits per heavy atom.